The van der Waals surface area contributed by atoms with Crippen LogP contribution in [0.15, 0.2) is 30.3 Å². The number of rotatable bonds is 4. The minimum atomic E-state index is -1.13. The van der Waals surface area contributed by atoms with Crippen molar-refractivity contribution in [3.8, 4) is 0 Å². The first kappa shape index (κ1) is 15.2. The molecular formula is C14H13N3O5. The van der Waals surface area contributed by atoms with Gasteiger partial charge in [0.15, 0.2) is 0 Å². The van der Waals surface area contributed by atoms with Gasteiger partial charge in [-0.25, -0.2) is 14.6 Å². The minimum Gasteiger partial charge on any atom is -0.478 e. The summed E-state index contributed by atoms with van der Waals surface area (Å²) in [5.41, 5.74) is 4.96. The summed E-state index contributed by atoms with van der Waals surface area (Å²) in [5, 5.41) is 9.70. The highest BCUT2D eigenvalue weighted by molar-refractivity contribution is 6.32. The Morgan fingerprint density at radius 1 is 1.27 bits per heavy atom. The minimum absolute atomic E-state index is 0.0264. The third kappa shape index (κ3) is 3.29. The van der Waals surface area contributed by atoms with Crippen molar-refractivity contribution in [2.75, 3.05) is 12.0 Å². The summed E-state index contributed by atoms with van der Waals surface area (Å²) in [6.45, 7) is 1.65. The van der Waals surface area contributed by atoms with Gasteiger partial charge in [-0.05, 0) is 19.1 Å². The molecule has 0 bridgehead atoms. The number of hydrogen-bond donors (Lipinski definition) is 3. The molecular weight excluding hydrogens is 290 g/mol. The molecule has 1 heterocycles. The van der Waals surface area contributed by atoms with Crippen molar-refractivity contribution in [1.82, 2.24) is 10.4 Å². The van der Waals surface area contributed by atoms with Gasteiger partial charge in [-0.3, -0.25) is 15.6 Å². The summed E-state index contributed by atoms with van der Waals surface area (Å²) in [7, 11) is 0. The fourth-order valence-electron chi connectivity index (χ4n) is 1.78. The van der Waals surface area contributed by atoms with E-state index in [4.69, 9.17) is 0 Å². The van der Waals surface area contributed by atoms with Crippen molar-refractivity contribution in [3.63, 3.8) is 0 Å². The predicted molar refractivity (Wildman–Crippen MR) is 77.1 cm³/mol. The molecule has 0 saturated heterocycles. The Hall–Kier alpha value is -3.16. The van der Waals surface area contributed by atoms with E-state index in [0.717, 1.165) is 0 Å². The maximum absolute atomic E-state index is 11.4. The van der Waals surface area contributed by atoms with Crippen LogP contribution in [0.5, 0.6) is 0 Å². The number of benzene rings is 1. The number of pyridine rings is 1. The van der Waals surface area contributed by atoms with Gasteiger partial charge >= 0.3 is 17.8 Å². The van der Waals surface area contributed by atoms with E-state index >= 15 is 0 Å². The lowest BCUT2D eigenvalue weighted by Gasteiger charge is -2.09. The van der Waals surface area contributed by atoms with Crippen LogP contribution in [0, 0.1) is 0 Å². The molecule has 0 spiro atoms. The van der Waals surface area contributed by atoms with Gasteiger partial charge in [-0.2, -0.15) is 0 Å². The van der Waals surface area contributed by atoms with Gasteiger partial charge in [0.2, 0.25) is 0 Å². The third-order valence-corrected chi connectivity index (χ3v) is 2.71. The molecule has 0 fully saturated rings. The summed E-state index contributed by atoms with van der Waals surface area (Å²) >= 11 is 0. The molecule has 8 heteroatoms. The van der Waals surface area contributed by atoms with E-state index in [0.29, 0.717) is 10.9 Å². The highest BCUT2D eigenvalue weighted by atomic mass is 16.5. The molecule has 1 aromatic heterocycles. The number of ether oxygens (including phenoxy) is 1. The van der Waals surface area contributed by atoms with Crippen LogP contribution in [0.3, 0.4) is 0 Å². The number of para-hydroxylation sites is 1. The van der Waals surface area contributed by atoms with Crippen molar-refractivity contribution < 1.29 is 24.2 Å². The Kier molecular flexibility index (Phi) is 4.52. The number of amides is 1. The van der Waals surface area contributed by atoms with Gasteiger partial charge in [0, 0.05) is 5.39 Å². The summed E-state index contributed by atoms with van der Waals surface area (Å²) in [5.74, 6) is -3.09. The lowest BCUT2D eigenvalue weighted by atomic mass is 10.1. The van der Waals surface area contributed by atoms with Crippen LogP contribution in [-0.2, 0) is 14.3 Å². The fraction of sp³-hybridized carbons (Fsp3) is 0.143. The van der Waals surface area contributed by atoms with E-state index < -0.39 is 17.8 Å². The lowest BCUT2D eigenvalue weighted by molar-refractivity contribution is -0.154. The number of carboxylic acids is 1. The smallest absolute Gasteiger partial charge is 0.398 e. The zero-order valence-corrected chi connectivity index (χ0v) is 11.6. The lowest BCUT2D eigenvalue weighted by Crippen LogP contribution is -2.36. The van der Waals surface area contributed by atoms with Crippen molar-refractivity contribution in [2.24, 2.45) is 0 Å². The second-order valence-corrected chi connectivity index (χ2v) is 4.18. The average molecular weight is 303 g/mol. The fourth-order valence-corrected chi connectivity index (χ4v) is 1.78. The Bertz CT molecular complexity index is 744. The normalized spacial score (nSPS) is 10.0. The molecule has 22 heavy (non-hydrogen) atoms. The summed E-state index contributed by atoms with van der Waals surface area (Å²) in [4.78, 5) is 38.0. The molecule has 2 rings (SSSR count). The Morgan fingerprint density at radius 2 is 2.00 bits per heavy atom. The van der Waals surface area contributed by atoms with Gasteiger partial charge in [0.1, 0.15) is 5.82 Å². The van der Waals surface area contributed by atoms with E-state index in [2.05, 4.69) is 20.6 Å². The molecule has 0 unspecified atom stereocenters. The maximum atomic E-state index is 11.4. The highest BCUT2D eigenvalue weighted by Gasteiger charge is 2.15. The van der Waals surface area contributed by atoms with Crippen molar-refractivity contribution >= 4 is 34.6 Å². The van der Waals surface area contributed by atoms with Crippen LogP contribution >= 0.6 is 0 Å². The van der Waals surface area contributed by atoms with Crippen molar-refractivity contribution in [3.05, 3.63) is 35.9 Å². The number of anilines is 1. The number of carbonyl (C=O) groups is 3. The molecule has 114 valence electrons. The molecule has 1 amide bonds. The average Bonchev–Trinajstić information content (AvgIpc) is 2.51. The number of esters is 1. The number of carbonyl (C=O) groups excluding carboxylic acids is 2. The second-order valence-electron chi connectivity index (χ2n) is 4.18. The van der Waals surface area contributed by atoms with E-state index in [1.54, 1.807) is 31.2 Å². The first-order valence-corrected chi connectivity index (χ1v) is 6.39. The first-order valence-electron chi connectivity index (χ1n) is 6.39. The first-order chi connectivity index (χ1) is 10.5. The van der Waals surface area contributed by atoms with E-state index in [1.165, 1.54) is 6.07 Å². The Balaban J connectivity index is 2.23. The molecule has 0 aliphatic rings. The van der Waals surface area contributed by atoms with E-state index in [-0.39, 0.29) is 18.0 Å². The maximum Gasteiger partial charge on any atom is 0.398 e. The zero-order chi connectivity index (χ0) is 16.1. The Labute approximate surface area is 125 Å². The number of hydrogen-bond acceptors (Lipinski definition) is 6. The van der Waals surface area contributed by atoms with Crippen LogP contribution in [0.4, 0.5) is 5.82 Å². The van der Waals surface area contributed by atoms with Crippen molar-refractivity contribution in [1.29, 1.82) is 0 Å². The van der Waals surface area contributed by atoms with Crippen LogP contribution in [0.1, 0.15) is 17.3 Å². The van der Waals surface area contributed by atoms with Gasteiger partial charge in [0.25, 0.3) is 0 Å². The zero-order valence-electron chi connectivity index (χ0n) is 11.6. The number of aromatic carboxylic acids is 1. The monoisotopic (exact) mass is 303 g/mol. The van der Waals surface area contributed by atoms with Crippen molar-refractivity contribution in [2.45, 2.75) is 6.92 Å². The molecule has 0 atom stereocenters. The van der Waals surface area contributed by atoms with Crippen LogP contribution in [0.25, 0.3) is 10.9 Å². The molecule has 8 nitrogen and oxygen atoms in total. The second kappa shape index (κ2) is 6.53. The van der Waals surface area contributed by atoms with Gasteiger partial charge < -0.3 is 9.84 Å². The number of carboxylic acid groups (broad SMARTS) is 1. The summed E-state index contributed by atoms with van der Waals surface area (Å²) in [6.07, 6.45) is 0. The standard InChI is InChI=1S/C14H13N3O5/c1-2-22-14(21)12(18)17-16-11-7-9(13(19)20)8-5-3-4-6-10(8)15-11/h3-7H,2H2,1H3,(H,15,16)(H,17,18)(H,19,20). The molecule has 0 aliphatic heterocycles. The quantitative estimate of drug-likeness (QED) is 0.437. The SMILES string of the molecule is CCOC(=O)C(=O)NNc1cc(C(=O)O)c2ccccc2n1. The van der Waals surface area contributed by atoms with E-state index in [9.17, 15) is 19.5 Å². The highest BCUT2D eigenvalue weighted by Crippen LogP contribution is 2.20. The molecule has 2 aromatic rings. The molecule has 3 N–H and O–H groups in total. The van der Waals surface area contributed by atoms with Crippen LogP contribution in [0.2, 0.25) is 0 Å². The molecule has 0 aliphatic carbocycles. The van der Waals surface area contributed by atoms with E-state index in [1.807, 2.05) is 0 Å². The van der Waals surface area contributed by atoms with Crippen LogP contribution < -0.4 is 10.9 Å². The van der Waals surface area contributed by atoms with Gasteiger partial charge in [0.05, 0.1) is 17.7 Å². The summed E-state index contributed by atoms with van der Waals surface area (Å²) < 4.78 is 4.52. The Morgan fingerprint density at radius 3 is 2.68 bits per heavy atom. The number of nitrogens with zero attached hydrogens (tertiary/aromatic N) is 1. The van der Waals surface area contributed by atoms with Gasteiger partial charge in [-0.15, -0.1) is 0 Å². The molecule has 0 radical (unpaired) electrons. The summed E-state index contributed by atoms with van der Waals surface area (Å²) in [6, 6.07) is 7.94. The molecule has 1 aromatic carbocycles. The number of fused-ring (bicyclic) bond motifs is 1. The van der Waals surface area contributed by atoms with Crippen LogP contribution in [-0.4, -0.2) is 34.5 Å². The molecule has 0 saturated carbocycles. The largest absolute Gasteiger partial charge is 0.478 e. The predicted octanol–water partition coefficient (Wildman–Crippen LogP) is 0.939. The number of hydrazine groups is 1. The number of aromatic nitrogens is 1. The third-order valence-electron chi connectivity index (χ3n) is 2.71. The number of nitrogens with one attached hydrogen (secondary N) is 2. The topological polar surface area (TPSA) is 118 Å². The van der Waals surface area contributed by atoms with Gasteiger partial charge in [-0.1, -0.05) is 18.2 Å².